The van der Waals surface area contributed by atoms with Gasteiger partial charge >= 0.3 is 0 Å². The molecular formula is C20H29N2O3Si. The quantitative estimate of drug-likeness (QED) is 0.823. The molecule has 2 unspecified atom stereocenters. The molecule has 1 aromatic carbocycles. The minimum absolute atomic E-state index is 0.182. The molecule has 1 heterocycles. The van der Waals surface area contributed by atoms with Crippen LogP contribution in [0.15, 0.2) is 36.5 Å². The fourth-order valence-electron chi connectivity index (χ4n) is 3.17. The highest BCUT2D eigenvalue weighted by molar-refractivity contribution is 6.48. The third-order valence-electron chi connectivity index (χ3n) is 4.93. The molecule has 1 radical (unpaired) electrons. The van der Waals surface area contributed by atoms with Crippen molar-refractivity contribution in [3.05, 3.63) is 42.1 Å². The van der Waals surface area contributed by atoms with Crippen LogP contribution < -0.4 is 5.32 Å². The molecule has 2 atom stereocenters. The highest BCUT2D eigenvalue weighted by atomic mass is 28.3. The first-order valence-corrected chi connectivity index (χ1v) is 11.2. The number of nitrogens with zero attached hydrogens (tertiary/aromatic N) is 1. The lowest BCUT2D eigenvalue weighted by atomic mass is 9.72. The lowest BCUT2D eigenvalue weighted by Gasteiger charge is -2.51. The maximum absolute atomic E-state index is 13.2. The fraction of sp³-hybridized carbons (Fsp3) is 0.500. The van der Waals surface area contributed by atoms with Gasteiger partial charge in [-0.15, -0.1) is 0 Å². The van der Waals surface area contributed by atoms with Crippen LogP contribution in [0.1, 0.15) is 40.2 Å². The standard InChI is InChI=1S/C20H29N2O3Si/c1-14(23)22-13-16(15-11-9-8-10-12-15)21-18(24)17(22)20(5,19(2,3)4)25-26(6)7/h8-13,17H,1-7H3,(H,21,24). The monoisotopic (exact) mass is 373 g/mol. The molecule has 1 aliphatic heterocycles. The van der Waals surface area contributed by atoms with Crippen molar-refractivity contribution in [2.45, 2.75) is 59.4 Å². The Morgan fingerprint density at radius 3 is 2.19 bits per heavy atom. The van der Waals surface area contributed by atoms with Crippen LogP contribution in [-0.2, 0) is 14.0 Å². The Labute approximate surface area is 158 Å². The molecule has 2 amide bonds. The molecule has 0 bridgehead atoms. The summed E-state index contributed by atoms with van der Waals surface area (Å²) in [7, 11) is -1.10. The summed E-state index contributed by atoms with van der Waals surface area (Å²) in [4.78, 5) is 27.1. The van der Waals surface area contributed by atoms with E-state index in [-0.39, 0.29) is 17.2 Å². The van der Waals surface area contributed by atoms with Gasteiger partial charge in [-0.05, 0) is 31.0 Å². The second-order valence-electron chi connectivity index (χ2n) is 8.09. The van der Waals surface area contributed by atoms with Gasteiger partial charge in [-0.1, -0.05) is 51.1 Å². The van der Waals surface area contributed by atoms with Gasteiger partial charge in [0.2, 0.25) is 14.9 Å². The molecule has 141 valence electrons. The Morgan fingerprint density at radius 1 is 1.15 bits per heavy atom. The summed E-state index contributed by atoms with van der Waals surface area (Å²) >= 11 is 0. The van der Waals surface area contributed by atoms with Crippen LogP contribution in [0, 0.1) is 5.41 Å². The number of amides is 2. The van der Waals surface area contributed by atoms with E-state index in [4.69, 9.17) is 4.43 Å². The third kappa shape index (κ3) is 3.91. The molecule has 1 aromatic rings. The van der Waals surface area contributed by atoms with E-state index in [1.165, 1.54) is 11.8 Å². The third-order valence-corrected chi connectivity index (χ3v) is 5.76. The van der Waals surface area contributed by atoms with Crippen molar-refractivity contribution in [1.82, 2.24) is 10.2 Å². The molecule has 6 heteroatoms. The molecule has 0 aliphatic carbocycles. The molecule has 0 saturated carbocycles. The summed E-state index contributed by atoms with van der Waals surface area (Å²) in [6.45, 7) is 13.6. The summed E-state index contributed by atoms with van der Waals surface area (Å²) in [6.07, 6.45) is 1.73. The summed E-state index contributed by atoms with van der Waals surface area (Å²) < 4.78 is 6.35. The van der Waals surface area contributed by atoms with Gasteiger partial charge in [0.05, 0.1) is 11.3 Å². The van der Waals surface area contributed by atoms with E-state index in [1.54, 1.807) is 6.20 Å². The Bertz CT molecular complexity index is 710. The Balaban J connectivity index is 2.55. The van der Waals surface area contributed by atoms with Gasteiger partial charge < -0.3 is 14.6 Å². The summed E-state index contributed by atoms with van der Waals surface area (Å²) in [5.74, 6) is -0.402. The minimum atomic E-state index is -1.10. The van der Waals surface area contributed by atoms with Gasteiger partial charge in [-0.3, -0.25) is 9.59 Å². The molecule has 0 spiro atoms. The zero-order valence-electron chi connectivity index (χ0n) is 16.7. The summed E-state index contributed by atoms with van der Waals surface area (Å²) in [6, 6.07) is 8.80. The van der Waals surface area contributed by atoms with Gasteiger partial charge in [-0.25, -0.2) is 0 Å². The van der Waals surface area contributed by atoms with E-state index < -0.39 is 20.7 Å². The second-order valence-corrected chi connectivity index (χ2v) is 10.1. The van der Waals surface area contributed by atoms with Crippen LogP contribution in [-0.4, -0.2) is 37.4 Å². The Kier molecular flexibility index (Phi) is 5.78. The predicted octanol–water partition coefficient (Wildman–Crippen LogP) is 3.40. The topological polar surface area (TPSA) is 58.6 Å². The molecule has 5 nitrogen and oxygen atoms in total. The molecule has 0 saturated heterocycles. The first-order valence-electron chi connectivity index (χ1n) is 8.83. The predicted molar refractivity (Wildman–Crippen MR) is 105 cm³/mol. The number of hydrogen-bond donors (Lipinski definition) is 1. The van der Waals surface area contributed by atoms with Crippen LogP contribution in [0.4, 0.5) is 0 Å². The largest absolute Gasteiger partial charge is 0.409 e. The normalized spacial score (nSPS) is 20.5. The van der Waals surface area contributed by atoms with E-state index >= 15 is 0 Å². The SMILES string of the molecule is CC(=O)N1C=C(c2ccccc2)NC(=O)C1C(C)(O[Si](C)C)C(C)(C)C. The number of benzene rings is 1. The molecule has 1 aliphatic rings. The van der Waals surface area contributed by atoms with Crippen molar-refractivity contribution in [1.29, 1.82) is 0 Å². The number of rotatable bonds is 4. The van der Waals surface area contributed by atoms with Crippen molar-refractivity contribution in [2.75, 3.05) is 0 Å². The zero-order valence-corrected chi connectivity index (χ0v) is 17.7. The minimum Gasteiger partial charge on any atom is -0.409 e. The van der Waals surface area contributed by atoms with E-state index in [1.807, 2.05) is 71.1 Å². The smallest absolute Gasteiger partial charge is 0.250 e. The average molecular weight is 374 g/mol. The van der Waals surface area contributed by atoms with Gasteiger partial charge in [-0.2, -0.15) is 0 Å². The van der Waals surface area contributed by atoms with Crippen LogP contribution >= 0.6 is 0 Å². The highest BCUT2D eigenvalue weighted by Crippen LogP contribution is 2.41. The molecule has 0 fully saturated rings. The fourth-order valence-corrected chi connectivity index (χ4v) is 4.43. The Morgan fingerprint density at radius 2 is 1.73 bits per heavy atom. The molecular weight excluding hydrogens is 344 g/mol. The van der Waals surface area contributed by atoms with Crippen LogP contribution in [0.25, 0.3) is 5.70 Å². The van der Waals surface area contributed by atoms with Crippen molar-refractivity contribution >= 4 is 26.6 Å². The number of hydrogen-bond acceptors (Lipinski definition) is 3. The van der Waals surface area contributed by atoms with E-state index in [0.717, 1.165) is 5.56 Å². The highest BCUT2D eigenvalue weighted by Gasteiger charge is 2.53. The lowest BCUT2D eigenvalue weighted by molar-refractivity contribution is -0.152. The Hall–Kier alpha value is -1.92. The van der Waals surface area contributed by atoms with Gasteiger partial charge in [0, 0.05) is 13.1 Å². The second kappa shape index (κ2) is 7.37. The average Bonchev–Trinajstić information content (AvgIpc) is 2.52. The first kappa shape index (κ1) is 20.4. The molecule has 2 rings (SSSR count). The number of carbonyl (C=O) groups excluding carboxylic acids is 2. The first-order chi connectivity index (χ1) is 12.0. The van der Waals surface area contributed by atoms with Crippen molar-refractivity contribution in [3.8, 4) is 0 Å². The molecule has 1 N–H and O–H groups in total. The van der Waals surface area contributed by atoms with E-state index in [0.29, 0.717) is 5.70 Å². The van der Waals surface area contributed by atoms with Crippen LogP contribution in [0.3, 0.4) is 0 Å². The zero-order chi connectivity index (χ0) is 19.7. The maximum atomic E-state index is 13.2. The van der Waals surface area contributed by atoms with E-state index in [2.05, 4.69) is 5.32 Å². The number of nitrogens with one attached hydrogen (secondary N) is 1. The van der Waals surface area contributed by atoms with Gasteiger partial charge in [0.15, 0.2) is 0 Å². The maximum Gasteiger partial charge on any atom is 0.250 e. The van der Waals surface area contributed by atoms with Crippen molar-refractivity contribution in [3.63, 3.8) is 0 Å². The van der Waals surface area contributed by atoms with Crippen LogP contribution in [0.5, 0.6) is 0 Å². The number of carbonyl (C=O) groups is 2. The molecule has 0 aromatic heterocycles. The van der Waals surface area contributed by atoms with E-state index in [9.17, 15) is 9.59 Å². The van der Waals surface area contributed by atoms with Gasteiger partial charge in [0.25, 0.3) is 5.91 Å². The van der Waals surface area contributed by atoms with Crippen LogP contribution in [0.2, 0.25) is 13.1 Å². The van der Waals surface area contributed by atoms with Crippen molar-refractivity contribution in [2.24, 2.45) is 5.41 Å². The summed E-state index contributed by atoms with van der Waals surface area (Å²) in [5.41, 5.74) is 0.318. The lowest BCUT2D eigenvalue weighted by Crippen LogP contribution is -2.66. The van der Waals surface area contributed by atoms with Crippen molar-refractivity contribution < 1.29 is 14.0 Å². The summed E-state index contributed by atoms with van der Waals surface area (Å²) in [5, 5.41) is 2.98. The molecule has 26 heavy (non-hydrogen) atoms. The van der Waals surface area contributed by atoms with Gasteiger partial charge in [0.1, 0.15) is 6.04 Å².